The molecule has 2 heterocycles. The predicted octanol–water partition coefficient (Wildman–Crippen LogP) is 13.1. The smallest absolute Gasteiger partial charge is 0.160 e. The van der Waals surface area contributed by atoms with Gasteiger partial charge < -0.3 is 0 Å². The largest absolute Gasteiger partial charge is 0.236 e. The van der Waals surface area contributed by atoms with E-state index in [1.807, 2.05) is 60.9 Å². The maximum absolute atomic E-state index is 5.31. The van der Waals surface area contributed by atoms with E-state index in [0.717, 1.165) is 33.6 Å². The van der Waals surface area contributed by atoms with Crippen LogP contribution in [0.1, 0.15) is 33.4 Å². The lowest BCUT2D eigenvalue weighted by molar-refractivity contribution is 0.774. The zero-order valence-corrected chi connectivity index (χ0v) is 31.9. The first kappa shape index (κ1) is 33.3. The number of aromatic nitrogens is 4. The Morgan fingerprint density at radius 3 is 1.63 bits per heavy atom. The van der Waals surface area contributed by atoms with E-state index in [-0.39, 0.29) is 0 Å². The molecule has 0 bridgehead atoms. The molecule has 2 aromatic heterocycles. The minimum absolute atomic E-state index is 0.639. The van der Waals surface area contributed by atoms with E-state index in [1.165, 1.54) is 66.1 Å². The number of benzene rings is 8. The summed E-state index contributed by atoms with van der Waals surface area (Å²) < 4.78 is 0. The molecule has 1 spiro atoms. The van der Waals surface area contributed by atoms with Crippen LogP contribution in [0.3, 0.4) is 0 Å². The fourth-order valence-corrected chi connectivity index (χ4v) is 9.68. The summed E-state index contributed by atoms with van der Waals surface area (Å²) in [5, 5.41) is 5.06. The third-order valence-electron chi connectivity index (χ3n) is 12.2. The van der Waals surface area contributed by atoms with E-state index in [1.54, 1.807) is 0 Å². The van der Waals surface area contributed by atoms with E-state index >= 15 is 0 Å². The normalized spacial score (nSPS) is 14.8. The maximum atomic E-state index is 5.31. The average molecular weight is 751 g/mol. The summed E-state index contributed by atoms with van der Waals surface area (Å²) in [4.78, 5) is 20.0. The Kier molecular flexibility index (Phi) is 7.41. The van der Waals surface area contributed by atoms with Gasteiger partial charge in [-0.05, 0) is 78.2 Å². The SMILES string of the molecule is C1=Cc2ccc(-c3cc(-c4cnc(-c5ccccc5)nc4)nc(-c4ccccc4)n3)cc2C2(c3ccccc31)c1ccccc1-c1c2c2ccccc2c2ccccc12. The van der Waals surface area contributed by atoms with Gasteiger partial charge in [0.25, 0.3) is 0 Å². The van der Waals surface area contributed by atoms with Crippen LogP contribution in [0.5, 0.6) is 0 Å². The monoisotopic (exact) mass is 750 g/mol. The van der Waals surface area contributed by atoms with Crippen LogP contribution in [0.2, 0.25) is 0 Å². The van der Waals surface area contributed by atoms with Crippen molar-refractivity contribution in [3.05, 3.63) is 228 Å². The van der Waals surface area contributed by atoms with Crippen molar-refractivity contribution in [2.45, 2.75) is 5.41 Å². The molecule has 0 aliphatic heterocycles. The molecule has 0 saturated carbocycles. The number of nitrogens with zero attached hydrogens (tertiary/aromatic N) is 4. The molecule has 0 saturated heterocycles. The van der Waals surface area contributed by atoms with Crippen LogP contribution in [0.25, 0.3) is 90.1 Å². The van der Waals surface area contributed by atoms with Crippen LogP contribution in [0, 0.1) is 0 Å². The van der Waals surface area contributed by atoms with Crippen molar-refractivity contribution in [1.29, 1.82) is 0 Å². The fourth-order valence-electron chi connectivity index (χ4n) is 9.68. The number of hydrogen-bond donors (Lipinski definition) is 0. The standard InChI is InChI=1S/C55H34N4/c1-3-16-37(17-4-1)53-56-33-40(34-57-53)50-32-49(58-54(59-50)38-18-5-2-6-19-38)39-30-29-36-28-27-35-15-7-13-25-46(35)55(48(36)31-39)47-26-14-12-24-45(47)51-43-22-10-8-20-41(43)42-21-9-11-23-44(42)52(51)55/h1-34H. The summed E-state index contributed by atoms with van der Waals surface area (Å²) in [7, 11) is 0. The molecule has 2 aliphatic carbocycles. The molecule has 8 aromatic carbocycles. The lowest BCUT2D eigenvalue weighted by Gasteiger charge is -2.36. The predicted molar refractivity (Wildman–Crippen MR) is 241 cm³/mol. The van der Waals surface area contributed by atoms with Crippen LogP contribution < -0.4 is 0 Å². The topological polar surface area (TPSA) is 51.6 Å². The molecule has 59 heavy (non-hydrogen) atoms. The van der Waals surface area contributed by atoms with Crippen LogP contribution in [0.4, 0.5) is 0 Å². The molecule has 4 heteroatoms. The van der Waals surface area contributed by atoms with Gasteiger partial charge in [-0.15, -0.1) is 0 Å². The molecule has 0 amide bonds. The van der Waals surface area contributed by atoms with Gasteiger partial charge in [0.05, 0.1) is 16.8 Å². The molecule has 4 nitrogen and oxygen atoms in total. The maximum Gasteiger partial charge on any atom is 0.160 e. The molecule has 2 aliphatic rings. The zero-order valence-electron chi connectivity index (χ0n) is 31.9. The Morgan fingerprint density at radius 1 is 0.356 bits per heavy atom. The van der Waals surface area contributed by atoms with Gasteiger partial charge in [0.15, 0.2) is 11.6 Å². The van der Waals surface area contributed by atoms with E-state index in [4.69, 9.17) is 19.9 Å². The lowest BCUT2D eigenvalue weighted by Crippen LogP contribution is -2.30. The second kappa shape index (κ2) is 13.1. The Bertz CT molecular complexity index is 3320. The van der Waals surface area contributed by atoms with Crippen molar-refractivity contribution in [3.63, 3.8) is 0 Å². The van der Waals surface area contributed by atoms with Gasteiger partial charge in [-0.25, -0.2) is 19.9 Å². The summed E-state index contributed by atoms with van der Waals surface area (Å²) in [5.74, 6) is 1.32. The highest BCUT2D eigenvalue weighted by Gasteiger charge is 2.50. The van der Waals surface area contributed by atoms with Crippen molar-refractivity contribution >= 4 is 33.7 Å². The first-order valence-electron chi connectivity index (χ1n) is 20.0. The molecule has 274 valence electrons. The first-order chi connectivity index (χ1) is 29.3. The third kappa shape index (κ3) is 5.03. The third-order valence-corrected chi connectivity index (χ3v) is 12.2. The van der Waals surface area contributed by atoms with Gasteiger partial charge in [-0.1, -0.05) is 182 Å². The molecule has 0 fully saturated rings. The minimum atomic E-state index is -0.639. The minimum Gasteiger partial charge on any atom is -0.236 e. The fraction of sp³-hybridized carbons (Fsp3) is 0.0182. The van der Waals surface area contributed by atoms with Crippen molar-refractivity contribution < 1.29 is 0 Å². The van der Waals surface area contributed by atoms with Crippen molar-refractivity contribution in [2.75, 3.05) is 0 Å². The van der Waals surface area contributed by atoms with Crippen LogP contribution in [0.15, 0.2) is 194 Å². The van der Waals surface area contributed by atoms with Crippen LogP contribution in [-0.2, 0) is 5.41 Å². The quantitative estimate of drug-likeness (QED) is 0.168. The Hall–Kier alpha value is -7.82. The van der Waals surface area contributed by atoms with E-state index in [0.29, 0.717) is 11.6 Å². The van der Waals surface area contributed by atoms with Gasteiger partial charge in [0.1, 0.15) is 0 Å². The molecular formula is C55H34N4. The van der Waals surface area contributed by atoms with Crippen LogP contribution >= 0.6 is 0 Å². The van der Waals surface area contributed by atoms with Crippen molar-refractivity contribution in [2.24, 2.45) is 0 Å². The molecule has 0 N–H and O–H groups in total. The molecule has 10 aromatic rings. The van der Waals surface area contributed by atoms with Gasteiger partial charge in [0.2, 0.25) is 0 Å². The second-order valence-electron chi connectivity index (χ2n) is 15.3. The second-order valence-corrected chi connectivity index (χ2v) is 15.3. The van der Waals surface area contributed by atoms with Crippen molar-refractivity contribution in [1.82, 2.24) is 19.9 Å². The highest BCUT2D eigenvalue weighted by Crippen LogP contribution is 2.62. The summed E-state index contributed by atoms with van der Waals surface area (Å²) in [6, 6.07) is 65.1. The summed E-state index contributed by atoms with van der Waals surface area (Å²) in [6.07, 6.45) is 8.32. The van der Waals surface area contributed by atoms with E-state index in [2.05, 4.69) is 146 Å². The van der Waals surface area contributed by atoms with E-state index < -0.39 is 5.41 Å². The summed E-state index contributed by atoms with van der Waals surface area (Å²) in [6.45, 7) is 0. The lowest BCUT2D eigenvalue weighted by atomic mass is 9.64. The zero-order chi connectivity index (χ0) is 38.9. The molecule has 0 radical (unpaired) electrons. The van der Waals surface area contributed by atoms with Gasteiger partial charge in [-0.3, -0.25) is 0 Å². The molecule has 1 atom stereocenters. The van der Waals surface area contributed by atoms with Gasteiger partial charge in [0, 0.05) is 34.6 Å². The first-order valence-corrected chi connectivity index (χ1v) is 20.0. The van der Waals surface area contributed by atoms with Gasteiger partial charge in [-0.2, -0.15) is 0 Å². The average Bonchev–Trinajstić information content (AvgIpc) is 3.55. The summed E-state index contributed by atoms with van der Waals surface area (Å²) in [5.41, 5.74) is 14.8. The van der Waals surface area contributed by atoms with Crippen LogP contribution in [-0.4, -0.2) is 19.9 Å². The van der Waals surface area contributed by atoms with E-state index in [9.17, 15) is 0 Å². The number of rotatable bonds is 4. The molecular weight excluding hydrogens is 717 g/mol. The summed E-state index contributed by atoms with van der Waals surface area (Å²) >= 11 is 0. The Morgan fingerprint density at radius 2 is 0.898 bits per heavy atom. The Labute approximate surface area is 341 Å². The highest BCUT2D eigenvalue weighted by molar-refractivity contribution is 6.19. The van der Waals surface area contributed by atoms with Crippen molar-refractivity contribution in [3.8, 4) is 56.4 Å². The van der Waals surface area contributed by atoms with Gasteiger partial charge >= 0.3 is 0 Å². The highest BCUT2D eigenvalue weighted by atomic mass is 14.9. The Balaban J connectivity index is 1.14. The molecule has 1 unspecified atom stereocenters. The number of fused-ring (bicyclic) bond motifs is 14. The number of hydrogen-bond acceptors (Lipinski definition) is 4. The molecule has 12 rings (SSSR count).